The number of nitrogens with one attached hydrogen (secondary N) is 4. The summed E-state index contributed by atoms with van der Waals surface area (Å²) in [7, 11) is 13.3. The van der Waals surface area contributed by atoms with E-state index in [-0.39, 0.29) is 17.9 Å². The Balaban J connectivity index is 0.000000178. The molecule has 0 atom stereocenters. The smallest absolute Gasteiger partial charge is 0.318 e. The SMILES string of the molecule is COc1ccc(CCNc2cc(-c3cccc(-c4n[nH]c(C)n4)c3)nc(OC)n2)cc1.COc1ccc(CCNc2cc(-c3cccc(C(=O)N=C(C)N(C)C)c3)nc(OC)n2)cc1.COc1ccc(CCNc2cc(-c3cccc(C(N)=O)c3)nc(OC)n2)cc1. The Bertz CT molecular complexity index is 4070. The monoisotopic (exact) mass is 1240 g/mol. The van der Waals surface area contributed by atoms with E-state index >= 15 is 0 Å². The Morgan fingerprint density at radius 2 is 0.837 bits per heavy atom. The Morgan fingerprint density at radius 3 is 1.20 bits per heavy atom. The van der Waals surface area contributed by atoms with Gasteiger partial charge in [0.1, 0.15) is 46.4 Å². The predicted octanol–water partition coefficient (Wildman–Crippen LogP) is 10.8. The Kier molecular flexibility index (Phi) is 24.0. The number of aryl methyl sites for hydroxylation is 1. The van der Waals surface area contributed by atoms with Crippen LogP contribution in [-0.2, 0) is 19.3 Å². The van der Waals surface area contributed by atoms with Crippen LogP contribution in [0.15, 0.2) is 169 Å². The van der Waals surface area contributed by atoms with Crippen molar-refractivity contribution in [2.24, 2.45) is 10.7 Å². The molecule has 0 aliphatic rings. The van der Waals surface area contributed by atoms with Crippen LogP contribution in [0.1, 0.15) is 50.2 Å². The van der Waals surface area contributed by atoms with Crippen LogP contribution < -0.4 is 50.1 Å². The fourth-order valence-electron chi connectivity index (χ4n) is 8.89. The van der Waals surface area contributed by atoms with E-state index in [2.05, 4.69) is 78.2 Å². The van der Waals surface area contributed by atoms with E-state index in [0.29, 0.717) is 70.7 Å². The molecule has 0 unspecified atom stereocenters. The topological polar surface area (TPSA) is 286 Å². The van der Waals surface area contributed by atoms with Crippen molar-refractivity contribution >= 4 is 35.1 Å². The van der Waals surface area contributed by atoms with E-state index in [0.717, 1.165) is 76.8 Å². The highest BCUT2D eigenvalue weighted by Gasteiger charge is 2.15. The molecule has 0 fully saturated rings. The van der Waals surface area contributed by atoms with Crippen LogP contribution in [0, 0.1) is 6.92 Å². The van der Waals surface area contributed by atoms with E-state index < -0.39 is 5.91 Å². The standard InChI is InChI=1S/C25H29N5O3.C23H24N6O2.C21H22N4O3/c1-17(30(2)3)27-24(31)20-8-6-7-19(15-20)22-16-23(29-25(28-22)33-5)26-14-13-18-9-11-21(32-4)12-10-18;1-15-25-22(29-28-15)18-6-4-5-17(13-18)20-14-21(27-23(26-20)31-3)24-12-11-16-7-9-19(30-2)10-8-16;1-27-17-8-6-14(7-9-17)10-11-23-19-13-18(24-21(25-19)28-2)15-4-3-5-16(12-15)20(22)26/h6-12,15-16H,13-14H2,1-5H3,(H,26,28,29);4-10,13-14H,11-12H2,1-3H3,(H,24,26,27)(H,25,28,29);3-9,12-13H,10-11H2,1-2H3,(H2,22,26)(H,23,24,25). The molecule has 0 bridgehead atoms. The summed E-state index contributed by atoms with van der Waals surface area (Å²) in [6, 6.07) is 52.4. The van der Waals surface area contributed by atoms with Gasteiger partial charge >= 0.3 is 18.0 Å². The van der Waals surface area contributed by atoms with E-state index in [1.807, 2.05) is 142 Å². The van der Waals surface area contributed by atoms with Gasteiger partial charge in [0, 0.05) is 85.3 Å². The van der Waals surface area contributed by atoms with Gasteiger partial charge in [-0.05, 0) is 117 Å². The second-order valence-electron chi connectivity index (χ2n) is 20.7. The number of carbonyl (C=O) groups is 2. The molecule has 0 saturated carbocycles. The number of ether oxygens (including phenoxy) is 6. The van der Waals surface area contributed by atoms with E-state index in [9.17, 15) is 9.59 Å². The summed E-state index contributed by atoms with van der Waals surface area (Å²) < 4.78 is 31.4. The van der Waals surface area contributed by atoms with Crippen molar-refractivity contribution in [3.8, 4) is 80.4 Å². The maximum absolute atomic E-state index is 12.6. The third-order valence-corrected chi connectivity index (χ3v) is 14.1. The third kappa shape index (κ3) is 19.5. The second-order valence-corrected chi connectivity index (χ2v) is 20.7. The molecule has 0 aliphatic carbocycles. The lowest BCUT2D eigenvalue weighted by Gasteiger charge is -2.11. The van der Waals surface area contributed by atoms with Crippen LogP contribution in [0.4, 0.5) is 17.5 Å². The number of anilines is 3. The molecule has 92 heavy (non-hydrogen) atoms. The lowest BCUT2D eigenvalue weighted by atomic mass is 10.1. The number of hydrogen-bond acceptors (Lipinski definition) is 19. The highest BCUT2D eigenvalue weighted by atomic mass is 16.5. The first-order valence-corrected chi connectivity index (χ1v) is 29.3. The van der Waals surface area contributed by atoms with E-state index in [4.69, 9.17) is 34.2 Å². The molecule has 10 rings (SSSR count). The molecule has 0 spiro atoms. The normalized spacial score (nSPS) is 10.7. The van der Waals surface area contributed by atoms with Crippen molar-refractivity contribution in [2.75, 3.05) is 92.3 Å². The zero-order chi connectivity index (χ0) is 65.4. The van der Waals surface area contributed by atoms with Gasteiger partial charge in [-0.2, -0.15) is 40.0 Å². The average Bonchev–Trinajstić information content (AvgIpc) is 1.26. The number of primary amides is 1. The number of aliphatic imine (C=N–C) groups is 1. The molecule has 474 valence electrons. The molecule has 6 N–H and O–H groups in total. The zero-order valence-corrected chi connectivity index (χ0v) is 53.1. The summed E-state index contributed by atoms with van der Waals surface area (Å²) in [5.74, 6) is 5.77. The molecule has 0 radical (unpaired) electrons. The number of rotatable bonds is 24. The molecule has 0 aliphatic heterocycles. The van der Waals surface area contributed by atoms with Gasteiger partial charge < -0.3 is 55.0 Å². The number of aromatic amines is 1. The van der Waals surface area contributed by atoms with Crippen molar-refractivity contribution in [1.29, 1.82) is 0 Å². The van der Waals surface area contributed by atoms with Gasteiger partial charge in [-0.1, -0.05) is 78.9 Å². The van der Waals surface area contributed by atoms with Crippen LogP contribution in [0.2, 0.25) is 0 Å². The van der Waals surface area contributed by atoms with E-state index in [1.165, 1.54) is 30.9 Å². The Hall–Kier alpha value is -11.5. The van der Waals surface area contributed by atoms with Crippen molar-refractivity contribution in [2.45, 2.75) is 33.1 Å². The number of amides is 2. The van der Waals surface area contributed by atoms with Crippen molar-refractivity contribution in [3.63, 3.8) is 0 Å². The van der Waals surface area contributed by atoms with Gasteiger partial charge in [0.2, 0.25) is 5.91 Å². The minimum absolute atomic E-state index is 0.244. The van der Waals surface area contributed by atoms with Gasteiger partial charge in [-0.25, -0.2) is 4.98 Å². The minimum Gasteiger partial charge on any atom is -0.497 e. The summed E-state index contributed by atoms with van der Waals surface area (Å²) in [4.78, 5) is 60.8. The lowest BCUT2D eigenvalue weighted by Crippen LogP contribution is -2.19. The second kappa shape index (κ2) is 33.2. The molecule has 4 aromatic heterocycles. The molecule has 2 amide bonds. The number of methoxy groups -OCH3 is 6. The summed E-state index contributed by atoms with van der Waals surface area (Å²) in [5, 5.41) is 17.1. The number of nitrogens with zero attached hydrogens (tertiary/aromatic N) is 10. The molecule has 6 aromatic carbocycles. The van der Waals surface area contributed by atoms with Crippen LogP contribution in [0.3, 0.4) is 0 Å². The zero-order valence-electron chi connectivity index (χ0n) is 53.1. The van der Waals surface area contributed by atoms with Crippen LogP contribution in [-0.4, -0.2) is 144 Å². The van der Waals surface area contributed by atoms with Gasteiger partial charge in [-0.3, -0.25) is 14.7 Å². The third-order valence-electron chi connectivity index (χ3n) is 14.1. The summed E-state index contributed by atoms with van der Waals surface area (Å²) >= 11 is 0. The first-order valence-electron chi connectivity index (χ1n) is 29.3. The van der Waals surface area contributed by atoms with Gasteiger partial charge in [0.15, 0.2) is 5.82 Å². The van der Waals surface area contributed by atoms with Crippen LogP contribution in [0.5, 0.6) is 35.3 Å². The lowest BCUT2D eigenvalue weighted by molar-refractivity contribution is 0.0992. The molecule has 23 nitrogen and oxygen atoms in total. The number of H-pyrrole nitrogens is 1. The Morgan fingerprint density at radius 1 is 0.467 bits per heavy atom. The molecule has 10 aromatic rings. The molecular weight excluding hydrogens is 1170 g/mol. The fourth-order valence-corrected chi connectivity index (χ4v) is 8.89. The Labute approximate surface area is 534 Å². The number of aromatic nitrogens is 9. The quantitative estimate of drug-likeness (QED) is 0.0278. The summed E-state index contributed by atoms with van der Waals surface area (Å²) in [5.41, 5.74) is 15.3. The van der Waals surface area contributed by atoms with Crippen molar-refractivity contribution in [1.82, 2.24) is 50.0 Å². The highest BCUT2D eigenvalue weighted by molar-refractivity contribution is 6.03. The van der Waals surface area contributed by atoms with Gasteiger partial charge in [0.05, 0.1) is 59.7 Å². The number of nitrogens with two attached hydrogens (primary N) is 1. The number of carbonyl (C=O) groups excluding carboxylic acids is 2. The fraction of sp³-hybridized carbons (Fsp3) is 0.232. The highest BCUT2D eigenvalue weighted by Crippen LogP contribution is 2.29. The maximum Gasteiger partial charge on any atom is 0.318 e. The largest absolute Gasteiger partial charge is 0.497 e. The molecular formula is C69H75N15O8. The summed E-state index contributed by atoms with van der Waals surface area (Å²) in [6.07, 6.45) is 2.49. The van der Waals surface area contributed by atoms with Crippen LogP contribution >= 0.6 is 0 Å². The molecule has 0 saturated heterocycles. The minimum atomic E-state index is -0.485. The first kappa shape index (κ1) is 66.5. The first-order chi connectivity index (χ1) is 44.6. The summed E-state index contributed by atoms with van der Waals surface area (Å²) in [6.45, 7) is 5.76. The number of hydrogen-bond donors (Lipinski definition) is 5. The average molecular weight is 1240 g/mol. The van der Waals surface area contributed by atoms with Crippen molar-refractivity contribution < 1.29 is 38.0 Å². The van der Waals surface area contributed by atoms with Crippen LogP contribution in [0.25, 0.3) is 45.2 Å². The molecule has 4 heterocycles. The number of amidine groups is 1. The maximum atomic E-state index is 12.6. The van der Waals surface area contributed by atoms with Gasteiger partial charge in [-0.15, -0.1) is 0 Å². The van der Waals surface area contributed by atoms with E-state index in [1.54, 1.807) is 70.6 Å². The molecule has 23 heteroatoms. The van der Waals surface area contributed by atoms with Crippen molar-refractivity contribution in [3.05, 3.63) is 197 Å². The predicted molar refractivity (Wildman–Crippen MR) is 357 cm³/mol. The van der Waals surface area contributed by atoms with Gasteiger partial charge in [0.25, 0.3) is 5.91 Å². The number of benzene rings is 6.